The molecule has 19 heavy (non-hydrogen) atoms. The van der Waals surface area contributed by atoms with Gasteiger partial charge < -0.3 is 15.2 Å². The molecule has 0 aromatic carbocycles. The van der Waals surface area contributed by atoms with E-state index in [-0.39, 0.29) is 18.1 Å². The number of rotatable bonds is 6. The van der Waals surface area contributed by atoms with Gasteiger partial charge in [-0.2, -0.15) is 0 Å². The van der Waals surface area contributed by atoms with Gasteiger partial charge in [0.25, 0.3) is 0 Å². The van der Waals surface area contributed by atoms with Gasteiger partial charge in [-0.15, -0.1) is 0 Å². The zero-order valence-electron chi connectivity index (χ0n) is 12.0. The highest BCUT2D eigenvalue weighted by atomic mass is 16.5. The summed E-state index contributed by atoms with van der Waals surface area (Å²) >= 11 is 0. The predicted molar refractivity (Wildman–Crippen MR) is 73.8 cm³/mol. The molecule has 4 heteroatoms. The summed E-state index contributed by atoms with van der Waals surface area (Å²) in [5.41, 5.74) is -0.187. The molecule has 2 N–H and O–H groups in total. The summed E-state index contributed by atoms with van der Waals surface area (Å²) in [6.45, 7) is 0.965. The third-order valence-electron chi connectivity index (χ3n) is 5.04. The Kier molecular flexibility index (Phi) is 5.22. The van der Waals surface area contributed by atoms with Crippen LogP contribution in [0.4, 0.5) is 0 Å². The zero-order chi connectivity index (χ0) is 13.7. The Morgan fingerprint density at radius 3 is 2.47 bits per heavy atom. The van der Waals surface area contributed by atoms with E-state index in [0.717, 1.165) is 32.1 Å². The molecular weight excluding hydrogens is 242 g/mol. The van der Waals surface area contributed by atoms with Gasteiger partial charge in [0.2, 0.25) is 5.91 Å². The third kappa shape index (κ3) is 3.69. The van der Waals surface area contributed by atoms with Crippen molar-refractivity contribution < 1.29 is 14.6 Å². The molecule has 4 nitrogen and oxygen atoms in total. The second-order valence-corrected chi connectivity index (χ2v) is 6.21. The van der Waals surface area contributed by atoms with E-state index in [1.54, 1.807) is 7.11 Å². The van der Waals surface area contributed by atoms with Crippen molar-refractivity contribution >= 4 is 5.91 Å². The lowest BCUT2D eigenvalue weighted by Crippen LogP contribution is -2.45. The molecular formula is C15H27NO3. The van der Waals surface area contributed by atoms with Gasteiger partial charge in [-0.05, 0) is 43.9 Å². The number of nitrogens with one attached hydrogen (secondary N) is 1. The Labute approximate surface area is 115 Å². The van der Waals surface area contributed by atoms with Crippen molar-refractivity contribution in [2.45, 2.75) is 57.0 Å². The van der Waals surface area contributed by atoms with Crippen LogP contribution in [0.1, 0.15) is 51.4 Å². The molecule has 2 fully saturated rings. The highest BCUT2D eigenvalue weighted by Gasteiger charge is 2.39. The van der Waals surface area contributed by atoms with E-state index in [9.17, 15) is 9.90 Å². The average Bonchev–Trinajstić information content (AvgIpc) is 2.41. The second kappa shape index (κ2) is 6.71. The molecule has 2 atom stereocenters. The van der Waals surface area contributed by atoms with Gasteiger partial charge in [-0.3, -0.25) is 4.79 Å². The first kappa shape index (κ1) is 14.8. The van der Waals surface area contributed by atoms with Gasteiger partial charge in [0.15, 0.2) is 0 Å². The van der Waals surface area contributed by atoms with E-state index in [1.165, 1.54) is 12.8 Å². The van der Waals surface area contributed by atoms with Crippen LogP contribution in [0.15, 0.2) is 0 Å². The van der Waals surface area contributed by atoms with Gasteiger partial charge in [0.1, 0.15) is 0 Å². The van der Waals surface area contributed by atoms with Gasteiger partial charge in [-0.25, -0.2) is 0 Å². The fourth-order valence-corrected chi connectivity index (χ4v) is 3.42. The number of carbonyl (C=O) groups excluding carboxylic acids is 1. The molecule has 2 saturated carbocycles. The molecule has 2 aliphatic rings. The predicted octanol–water partition coefficient (Wildman–Crippen LogP) is 1.86. The molecule has 2 aliphatic carbocycles. The van der Waals surface area contributed by atoms with E-state index in [4.69, 9.17) is 4.74 Å². The number of methoxy groups -OCH3 is 1. The van der Waals surface area contributed by atoms with Crippen molar-refractivity contribution in [3.8, 4) is 0 Å². The fourth-order valence-electron chi connectivity index (χ4n) is 3.42. The molecule has 0 aromatic heterocycles. The van der Waals surface area contributed by atoms with Crippen molar-refractivity contribution in [3.63, 3.8) is 0 Å². The Morgan fingerprint density at radius 1 is 1.26 bits per heavy atom. The van der Waals surface area contributed by atoms with Crippen LogP contribution in [0.5, 0.6) is 0 Å². The third-order valence-corrected chi connectivity index (χ3v) is 5.04. The maximum absolute atomic E-state index is 12.0. The molecule has 0 aromatic rings. The maximum atomic E-state index is 12.0. The summed E-state index contributed by atoms with van der Waals surface area (Å²) in [5.74, 6) is 0.917. The van der Waals surface area contributed by atoms with E-state index >= 15 is 0 Å². The van der Waals surface area contributed by atoms with Crippen molar-refractivity contribution in [1.29, 1.82) is 0 Å². The summed E-state index contributed by atoms with van der Waals surface area (Å²) < 4.78 is 5.48. The Hall–Kier alpha value is -0.610. The second-order valence-electron chi connectivity index (χ2n) is 6.21. The van der Waals surface area contributed by atoms with E-state index in [1.807, 2.05) is 0 Å². The molecule has 2 rings (SSSR count). The summed E-state index contributed by atoms with van der Waals surface area (Å²) in [6, 6.07) is 0. The van der Waals surface area contributed by atoms with Crippen LogP contribution >= 0.6 is 0 Å². The highest BCUT2D eigenvalue weighted by molar-refractivity contribution is 5.77. The molecule has 110 valence electrons. The molecule has 0 heterocycles. The summed E-state index contributed by atoms with van der Waals surface area (Å²) in [7, 11) is 1.70. The van der Waals surface area contributed by atoms with Crippen LogP contribution in [0.25, 0.3) is 0 Å². The standard InChI is InChI=1S/C15H27NO3/c1-19-15(7-4-8-15)9-14(18)16-10-12-5-2-3-6-13(12)11-17/h12-13,17H,2-11H2,1H3,(H,16,18). The van der Waals surface area contributed by atoms with Crippen LogP contribution in [-0.2, 0) is 9.53 Å². The minimum atomic E-state index is -0.187. The maximum Gasteiger partial charge on any atom is 0.222 e. The monoisotopic (exact) mass is 269 g/mol. The van der Waals surface area contributed by atoms with Crippen molar-refractivity contribution in [1.82, 2.24) is 5.32 Å². The number of carbonyl (C=O) groups is 1. The normalized spacial score (nSPS) is 29.6. The number of aliphatic hydroxyl groups is 1. The summed E-state index contributed by atoms with van der Waals surface area (Å²) in [6.07, 6.45) is 8.30. The molecule has 0 radical (unpaired) electrons. The lowest BCUT2D eigenvalue weighted by Gasteiger charge is -2.40. The SMILES string of the molecule is COC1(CC(=O)NCC2CCCCC2CO)CCC1. The Bertz CT molecular complexity index is 296. The lowest BCUT2D eigenvalue weighted by molar-refractivity contribution is -0.134. The van der Waals surface area contributed by atoms with Crippen molar-refractivity contribution in [2.24, 2.45) is 11.8 Å². The Morgan fingerprint density at radius 2 is 1.95 bits per heavy atom. The van der Waals surface area contributed by atoms with Crippen LogP contribution in [0, 0.1) is 11.8 Å². The number of hydrogen-bond acceptors (Lipinski definition) is 3. The number of hydrogen-bond donors (Lipinski definition) is 2. The molecule has 0 aliphatic heterocycles. The lowest BCUT2D eigenvalue weighted by atomic mass is 9.77. The smallest absolute Gasteiger partial charge is 0.222 e. The molecule has 1 amide bonds. The quantitative estimate of drug-likeness (QED) is 0.774. The van der Waals surface area contributed by atoms with Crippen molar-refractivity contribution in [2.75, 3.05) is 20.3 Å². The van der Waals surface area contributed by atoms with E-state index in [2.05, 4.69) is 5.32 Å². The van der Waals surface area contributed by atoms with E-state index in [0.29, 0.717) is 24.8 Å². The van der Waals surface area contributed by atoms with Gasteiger partial charge >= 0.3 is 0 Å². The summed E-state index contributed by atoms with van der Waals surface area (Å²) in [4.78, 5) is 12.0. The summed E-state index contributed by atoms with van der Waals surface area (Å²) in [5, 5.41) is 12.4. The fraction of sp³-hybridized carbons (Fsp3) is 0.933. The van der Waals surface area contributed by atoms with Crippen LogP contribution in [0.3, 0.4) is 0 Å². The molecule has 0 bridgehead atoms. The van der Waals surface area contributed by atoms with Crippen LogP contribution in [-0.4, -0.2) is 36.9 Å². The first-order valence-corrected chi connectivity index (χ1v) is 7.62. The van der Waals surface area contributed by atoms with Crippen LogP contribution < -0.4 is 5.32 Å². The number of aliphatic hydroxyl groups excluding tert-OH is 1. The molecule has 0 saturated heterocycles. The first-order valence-electron chi connectivity index (χ1n) is 7.62. The van der Waals surface area contributed by atoms with Gasteiger partial charge in [-0.1, -0.05) is 12.8 Å². The largest absolute Gasteiger partial charge is 0.396 e. The zero-order valence-corrected chi connectivity index (χ0v) is 12.0. The minimum Gasteiger partial charge on any atom is -0.396 e. The molecule has 2 unspecified atom stereocenters. The van der Waals surface area contributed by atoms with E-state index < -0.39 is 0 Å². The number of amides is 1. The van der Waals surface area contributed by atoms with Gasteiger partial charge in [0.05, 0.1) is 12.0 Å². The molecule has 0 spiro atoms. The Balaban J connectivity index is 1.73. The highest BCUT2D eigenvalue weighted by Crippen LogP contribution is 2.38. The topological polar surface area (TPSA) is 58.6 Å². The number of ether oxygens (including phenoxy) is 1. The van der Waals surface area contributed by atoms with Crippen molar-refractivity contribution in [3.05, 3.63) is 0 Å². The first-order chi connectivity index (χ1) is 9.19. The van der Waals surface area contributed by atoms with Gasteiger partial charge in [0, 0.05) is 20.3 Å². The van der Waals surface area contributed by atoms with Crippen LogP contribution in [0.2, 0.25) is 0 Å². The average molecular weight is 269 g/mol. The minimum absolute atomic E-state index is 0.101.